The van der Waals surface area contributed by atoms with Gasteiger partial charge in [0.1, 0.15) is 0 Å². The molecule has 3 aromatic rings. The lowest BCUT2D eigenvalue weighted by Gasteiger charge is -2.13. The summed E-state index contributed by atoms with van der Waals surface area (Å²) in [6.45, 7) is 3.72. The van der Waals surface area contributed by atoms with Crippen molar-refractivity contribution in [3.8, 4) is 0 Å². The van der Waals surface area contributed by atoms with Crippen LogP contribution in [0.3, 0.4) is 0 Å². The third-order valence-corrected chi connectivity index (χ3v) is 6.24. The number of amides is 1. The van der Waals surface area contributed by atoms with Crippen molar-refractivity contribution >= 4 is 27.3 Å². The lowest BCUT2D eigenvalue weighted by Crippen LogP contribution is -2.15. The maximum absolute atomic E-state index is 12.7. The van der Waals surface area contributed by atoms with Crippen LogP contribution < -0.4 is 10.0 Å². The van der Waals surface area contributed by atoms with E-state index in [-0.39, 0.29) is 10.8 Å². The van der Waals surface area contributed by atoms with Gasteiger partial charge in [0.05, 0.1) is 10.6 Å². The van der Waals surface area contributed by atoms with Crippen molar-refractivity contribution in [2.24, 2.45) is 0 Å². The number of carbonyl (C=O) groups is 1. The van der Waals surface area contributed by atoms with Gasteiger partial charge in [-0.2, -0.15) is 0 Å². The van der Waals surface area contributed by atoms with Gasteiger partial charge in [0.25, 0.3) is 10.0 Å². The van der Waals surface area contributed by atoms with Crippen molar-refractivity contribution in [2.75, 3.05) is 10.0 Å². The molecule has 0 bridgehead atoms. The van der Waals surface area contributed by atoms with Crippen LogP contribution in [0.25, 0.3) is 0 Å². The second kappa shape index (κ2) is 9.59. The highest BCUT2D eigenvalue weighted by atomic mass is 32.2. The zero-order chi connectivity index (χ0) is 21.6. The Kier molecular flexibility index (Phi) is 6.90. The van der Waals surface area contributed by atoms with Crippen LogP contribution in [-0.4, -0.2) is 14.3 Å². The zero-order valence-corrected chi connectivity index (χ0v) is 18.0. The first-order chi connectivity index (χ1) is 14.3. The van der Waals surface area contributed by atoms with Gasteiger partial charge in [-0.3, -0.25) is 9.52 Å². The number of hydrogen-bond acceptors (Lipinski definition) is 3. The molecule has 0 unspecified atom stereocenters. The molecule has 30 heavy (non-hydrogen) atoms. The van der Waals surface area contributed by atoms with Crippen LogP contribution in [0.1, 0.15) is 29.5 Å². The fraction of sp³-hybridized carbons (Fsp3) is 0.208. The topological polar surface area (TPSA) is 75.3 Å². The quantitative estimate of drug-likeness (QED) is 0.532. The Morgan fingerprint density at radius 1 is 0.833 bits per heavy atom. The van der Waals surface area contributed by atoms with Gasteiger partial charge in [0.2, 0.25) is 5.91 Å². The highest BCUT2D eigenvalue weighted by Crippen LogP contribution is 2.24. The van der Waals surface area contributed by atoms with Gasteiger partial charge in [-0.05, 0) is 67.6 Å². The monoisotopic (exact) mass is 422 g/mol. The van der Waals surface area contributed by atoms with Gasteiger partial charge in [0.15, 0.2) is 0 Å². The van der Waals surface area contributed by atoms with Crippen molar-refractivity contribution in [3.05, 3.63) is 89.5 Å². The standard InChI is InChI=1S/C24H26N2O3S/c1-18-8-6-9-19(2)24(18)26-30(28,29)22-16-14-21(15-17-22)25-23(27)13-7-12-20-10-4-3-5-11-20/h3-6,8-11,14-17,26H,7,12-13H2,1-2H3,(H,25,27). The number of sulfonamides is 1. The molecular weight excluding hydrogens is 396 g/mol. The Balaban J connectivity index is 1.58. The molecule has 6 heteroatoms. The lowest BCUT2D eigenvalue weighted by molar-refractivity contribution is -0.116. The minimum atomic E-state index is -3.71. The highest BCUT2D eigenvalue weighted by molar-refractivity contribution is 7.92. The molecule has 0 atom stereocenters. The van der Waals surface area contributed by atoms with Crippen LogP contribution in [-0.2, 0) is 21.2 Å². The highest BCUT2D eigenvalue weighted by Gasteiger charge is 2.16. The SMILES string of the molecule is Cc1cccc(C)c1NS(=O)(=O)c1ccc(NC(=O)CCCc2ccccc2)cc1. The first-order valence-corrected chi connectivity index (χ1v) is 11.4. The Morgan fingerprint density at radius 2 is 1.47 bits per heavy atom. The minimum absolute atomic E-state index is 0.0878. The third-order valence-electron chi connectivity index (χ3n) is 4.88. The molecule has 0 aromatic heterocycles. The van der Waals surface area contributed by atoms with E-state index in [2.05, 4.69) is 10.0 Å². The van der Waals surface area contributed by atoms with Crippen LogP contribution in [0.15, 0.2) is 77.7 Å². The molecule has 3 aromatic carbocycles. The zero-order valence-electron chi connectivity index (χ0n) is 17.2. The molecule has 2 N–H and O–H groups in total. The van der Waals surface area contributed by atoms with Crippen molar-refractivity contribution < 1.29 is 13.2 Å². The van der Waals surface area contributed by atoms with Crippen LogP contribution >= 0.6 is 0 Å². The Morgan fingerprint density at radius 3 is 2.10 bits per heavy atom. The number of aryl methyl sites for hydroxylation is 3. The van der Waals surface area contributed by atoms with E-state index in [0.717, 1.165) is 24.0 Å². The molecule has 0 spiro atoms. The van der Waals surface area contributed by atoms with E-state index >= 15 is 0 Å². The predicted octanol–water partition coefficient (Wildman–Crippen LogP) is 5.07. The molecule has 0 fully saturated rings. The van der Waals surface area contributed by atoms with E-state index in [9.17, 15) is 13.2 Å². The number of para-hydroxylation sites is 1. The molecule has 0 aliphatic rings. The molecule has 3 rings (SSSR count). The van der Waals surface area contributed by atoms with Gasteiger partial charge in [-0.25, -0.2) is 8.42 Å². The number of nitrogens with one attached hydrogen (secondary N) is 2. The largest absolute Gasteiger partial charge is 0.326 e. The second-order valence-electron chi connectivity index (χ2n) is 7.28. The van der Waals surface area contributed by atoms with E-state index in [4.69, 9.17) is 0 Å². The summed E-state index contributed by atoms with van der Waals surface area (Å²) in [6.07, 6.45) is 2.00. The Hall–Kier alpha value is -3.12. The number of carbonyl (C=O) groups excluding carboxylic acids is 1. The van der Waals surface area contributed by atoms with E-state index in [1.807, 2.05) is 62.4 Å². The van der Waals surface area contributed by atoms with Crippen LogP contribution in [0, 0.1) is 13.8 Å². The van der Waals surface area contributed by atoms with Crippen molar-refractivity contribution in [3.63, 3.8) is 0 Å². The Labute approximate surface area is 178 Å². The molecule has 156 valence electrons. The molecule has 5 nitrogen and oxygen atoms in total. The minimum Gasteiger partial charge on any atom is -0.326 e. The first-order valence-electron chi connectivity index (χ1n) is 9.88. The molecule has 1 amide bonds. The van der Waals surface area contributed by atoms with Crippen molar-refractivity contribution in [1.29, 1.82) is 0 Å². The summed E-state index contributed by atoms with van der Waals surface area (Å²) in [6, 6.07) is 21.8. The number of benzene rings is 3. The lowest BCUT2D eigenvalue weighted by atomic mass is 10.1. The van der Waals surface area contributed by atoms with E-state index < -0.39 is 10.0 Å². The van der Waals surface area contributed by atoms with Crippen LogP contribution in [0.2, 0.25) is 0 Å². The van der Waals surface area contributed by atoms with Gasteiger partial charge >= 0.3 is 0 Å². The summed E-state index contributed by atoms with van der Waals surface area (Å²) in [7, 11) is -3.71. The summed E-state index contributed by atoms with van der Waals surface area (Å²) in [5.41, 5.74) is 4.09. The Bertz CT molecular complexity index is 1090. The second-order valence-corrected chi connectivity index (χ2v) is 8.97. The summed E-state index contributed by atoms with van der Waals surface area (Å²) >= 11 is 0. The molecular formula is C24H26N2O3S. The fourth-order valence-electron chi connectivity index (χ4n) is 3.21. The molecule has 0 aliphatic carbocycles. The van der Waals surface area contributed by atoms with Crippen molar-refractivity contribution in [2.45, 2.75) is 38.0 Å². The summed E-state index contributed by atoms with van der Waals surface area (Å²) in [4.78, 5) is 12.3. The number of hydrogen-bond donors (Lipinski definition) is 2. The number of rotatable bonds is 8. The van der Waals surface area contributed by atoms with Crippen LogP contribution in [0.5, 0.6) is 0 Å². The maximum Gasteiger partial charge on any atom is 0.261 e. The van der Waals surface area contributed by atoms with Gasteiger partial charge in [0, 0.05) is 12.1 Å². The van der Waals surface area contributed by atoms with E-state index in [0.29, 0.717) is 17.8 Å². The van der Waals surface area contributed by atoms with Gasteiger partial charge in [-0.15, -0.1) is 0 Å². The molecule has 0 saturated carbocycles. The molecule has 0 saturated heterocycles. The smallest absolute Gasteiger partial charge is 0.261 e. The summed E-state index contributed by atoms with van der Waals surface area (Å²) < 4.78 is 28.1. The summed E-state index contributed by atoms with van der Waals surface area (Å²) in [5.74, 6) is -0.0878. The van der Waals surface area contributed by atoms with E-state index in [1.54, 1.807) is 12.1 Å². The molecule has 0 radical (unpaired) electrons. The predicted molar refractivity (Wildman–Crippen MR) is 121 cm³/mol. The fourth-order valence-corrected chi connectivity index (χ4v) is 4.41. The molecule has 0 heterocycles. The summed E-state index contributed by atoms with van der Waals surface area (Å²) in [5, 5.41) is 2.82. The average molecular weight is 423 g/mol. The van der Waals surface area contributed by atoms with Crippen LogP contribution in [0.4, 0.5) is 11.4 Å². The number of anilines is 2. The molecule has 0 aliphatic heterocycles. The normalized spacial score (nSPS) is 11.1. The average Bonchev–Trinajstić information content (AvgIpc) is 2.72. The van der Waals surface area contributed by atoms with E-state index in [1.165, 1.54) is 17.7 Å². The van der Waals surface area contributed by atoms with Gasteiger partial charge < -0.3 is 5.32 Å². The first kappa shape index (κ1) is 21.6. The third kappa shape index (κ3) is 5.70. The maximum atomic E-state index is 12.7. The van der Waals surface area contributed by atoms with Crippen molar-refractivity contribution in [1.82, 2.24) is 0 Å². The van der Waals surface area contributed by atoms with Gasteiger partial charge in [-0.1, -0.05) is 48.5 Å².